The van der Waals surface area contributed by atoms with Gasteiger partial charge in [0.2, 0.25) is 0 Å². The van der Waals surface area contributed by atoms with Crippen LogP contribution in [-0.2, 0) is 19.0 Å². The Hall–Kier alpha value is -2.51. The van der Waals surface area contributed by atoms with Crippen LogP contribution in [0.5, 0.6) is 0 Å². The number of allylic oxidation sites excluding steroid dienone is 2. The molecular weight excluding hydrogens is 340 g/mol. The van der Waals surface area contributed by atoms with Crippen LogP contribution in [0.25, 0.3) is 0 Å². The first kappa shape index (κ1) is 18.3. The molecule has 3 rings (SSSR count). The van der Waals surface area contributed by atoms with E-state index in [1.807, 2.05) is 6.08 Å². The monoisotopic (exact) mass is 364 g/mol. The molecular formula is C18H24N2O6. The number of ether oxygens (including phenoxy) is 3. The molecule has 0 spiro atoms. The summed E-state index contributed by atoms with van der Waals surface area (Å²) in [7, 11) is 1.29. The van der Waals surface area contributed by atoms with Gasteiger partial charge in [-0.3, -0.25) is 4.90 Å². The van der Waals surface area contributed by atoms with Crippen LogP contribution >= 0.6 is 0 Å². The predicted octanol–water partition coefficient (Wildman–Crippen LogP) is 1.86. The fourth-order valence-corrected chi connectivity index (χ4v) is 3.49. The van der Waals surface area contributed by atoms with Crippen molar-refractivity contribution in [2.45, 2.75) is 37.8 Å². The molecule has 142 valence electrons. The second-order valence-electron chi connectivity index (χ2n) is 6.55. The highest BCUT2D eigenvalue weighted by Gasteiger charge is 2.44. The van der Waals surface area contributed by atoms with Crippen molar-refractivity contribution in [3.63, 3.8) is 0 Å². The Labute approximate surface area is 152 Å². The third kappa shape index (κ3) is 4.00. The molecule has 3 aliphatic rings. The van der Waals surface area contributed by atoms with E-state index in [-0.39, 0.29) is 25.3 Å². The first-order valence-electron chi connectivity index (χ1n) is 8.90. The van der Waals surface area contributed by atoms with E-state index in [0.29, 0.717) is 25.9 Å². The first-order chi connectivity index (χ1) is 12.6. The molecule has 0 aromatic rings. The van der Waals surface area contributed by atoms with Crippen molar-refractivity contribution in [3.05, 3.63) is 23.8 Å². The summed E-state index contributed by atoms with van der Waals surface area (Å²) in [5, 5.41) is 0. The third-order valence-corrected chi connectivity index (χ3v) is 4.93. The lowest BCUT2D eigenvalue weighted by Gasteiger charge is -2.36. The normalized spacial score (nSPS) is 23.5. The minimum absolute atomic E-state index is 0.0103. The minimum atomic E-state index is -0.707. The van der Waals surface area contributed by atoms with Gasteiger partial charge in [-0.2, -0.15) is 0 Å². The second kappa shape index (κ2) is 8.25. The van der Waals surface area contributed by atoms with Gasteiger partial charge in [0, 0.05) is 19.1 Å². The van der Waals surface area contributed by atoms with Crippen LogP contribution < -0.4 is 0 Å². The molecule has 0 N–H and O–H groups in total. The average molecular weight is 364 g/mol. The molecule has 26 heavy (non-hydrogen) atoms. The Kier molecular flexibility index (Phi) is 5.80. The zero-order valence-corrected chi connectivity index (χ0v) is 14.9. The van der Waals surface area contributed by atoms with Gasteiger partial charge in [-0.1, -0.05) is 18.2 Å². The van der Waals surface area contributed by atoms with E-state index in [4.69, 9.17) is 14.2 Å². The maximum Gasteiger partial charge on any atom is 0.410 e. The Morgan fingerprint density at radius 3 is 2.69 bits per heavy atom. The van der Waals surface area contributed by atoms with Gasteiger partial charge >= 0.3 is 18.2 Å². The number of likely N-dealkylation sites (tertiary alicyclic amines) is 1. The SMILES string of the molecule is COC(=O)C1COC(=O)N1C1CCN(C(=O)OCC2=CCCC=C2)CC1. The Balaban J connectivity index is 1.49. The summed E-state index contributed by atoms with van der Waals surface area (Å²) in [6.45, 7) is 1.22. The lowest BCUT2D eigenvalue weighted by atomic mass is 10.0. The van der Waals surface area contributed by atoms with Gasteiger partial charge in [0.05, 0.1) is 7.11 Å². The highest BCUT2D eigenvalue weighted by molar-refractivity contribution is 5.84. The largest absolute Gasteiger partial charge is 0.467 e. The van der Waals surface area contributed by atoms with Crippen LogP contribution in [0.4, 0.5) is 9.59 Å². The number of esters is 1. The maximum atomic E-state index is 12.2. The molecule has 0 bridgehead atoms. The van der Waals surface area contributed by atoms with E-state index < -0.39 is 18.1 Å². The highest BCUT2D eigenvalue weighted by Crippen LogP contribution is 2.25. The summed E-state index contributed by atoms with van der Waals surface area (Å²) < 4.78 is 15.1. The molecule has 2 heterocycles. The Bertz CT molecular complexity index is 621. The number of carbonyl (C=O) groups is 3. The number of nitrogens with zero attached hydrogens (tertiary/aromatic N) is 2. The van der Waals surface area contributed by atoms with Crippen molar-refractivity contribution in [2.75, 3.05) is 33.4 Å². The Morgan fingerprint density at radius 2 is 2.04 bits per heavy atom. The van der Waals surface area contributed by atoms with E-state index in [1.54, 1.807) is 4.90 Å². The average Bonchev–Trinajstić information content (AvgIpc) is 3.08. The molecule has 1 aliphatic carbocycles. The van der Waals surface area contributed by atoms with E-state index >= 15 is 0 Å². The van der Waals surface area contributed by atoms with Crippen molar-refractivity contribution in [1.82, 2.24) is 9.80 Å². The summed E-state index contributed by atoms with van der Waals surface area (Å²) in [6, 6.07) is -0.858. The standard InChI is InChI=1S/C18H24N2O6/c1-24-16(21)15-12-26-18(23)20(15)14-7-9-19(10-8-14)17(22)25-11-13-5-3-2-4-6-13/h3,5-6,14-15H,2,4,7-12H2,1H3. The summed E-state index contributed by atoms with van der Waals surface area (Å²) in [5.74, 6) is -0.480. The molecule has 8 nitrogen and oxygen atoms in total. The van der Waals surface area contributed by atoms with Crippen LogP contribution in [0.1, 0.15) is 25.7 Å². The molecule has 2 aliphatic heterocycles. The summed E-state index contributed by atoms with van der Waals surface area (Å²) in [5.41, 5.74) is 1.01. The molecule has 2 fully saturated rings. The van der Waals surface area contributed by atoms with Gasteiger partial charge in [-0.25, -0.2) is 14.4 Å². The van der Waals surface area contributed by atoms with E-state index in [0.717, 1.165) is 18.4 Å². The highest BCUT2D eigenvalue weighted by atomic mass is 16.6. The summed E-state index contributed by atoms with van der Waals surface area (Å²) >= 11 is 0. The first-order valence-corrected chi connectivity index (χ1v) is 8.90. The topological polar surface area (TPSA) is 85.4 Å². The van der Waals surface area contributed by atoms with Crippen LogP contribution in [-0.4, -0.2) is 73.5 Å². The summed E-state index contributed by atoms with van der Waals surface area (Å²) in [4.78, 5) is 39.1. The van der Waals surface area contributed by atoms with Crippen molar-refractivity contribution in [1.29, 1.82) is 0 Å². The third-order valence-electron chi connectivity index (χ3n) is 4.93. The molecule has 0 aromatic carbocycles. The Morgan fingerprint density at radius 1 is 1.27 bits per heavy atom. The van der Waals surface area contributed by atoms with Gasteiger partial charge in [0.15, 0.2) is 6.04 Å². The molecule has 1 atom stereocenters. The fourth-order valence-electron chi connectivity index (χ4n) is 3.49. The van der Waals surface area contributed by atoms with E-state index in [2.05, 4.69) is 12.2 Å². The smallest absolute Gasteiger partial charge is 0.410 e. The molecule has 2 saturated heterocycles. The lowest BCUT2D eigenvalue weighted by Crippen LogP contribution is -2.52. The number of methoxy groups -OCH3 is 1. The second-order valence-corrected chi connectivity index (χ2v) is 6.55. The van der Waals surface area contributed by atoms with Gasteiger partial charge in [-0.05, 0) is 31.3 Å². The minimum Gasteiger partial charge on any atom is -0.467 e. The predicted molar refractivity (Wildman–Crippen MR) is 91.4 cm³/mol. The van der Waals surface area contributed by atoms with Gasteiger partial charge < -0.3 is 19.1 Å². The number of carbonyl (C=O) groups excluding carboxylic acids is 3. The van der Waals surface area contributed by atoms with Crippen LogP contribution in [0, 0.1) is 0 Å². The van der Waals surface area contributed by atoms with Gasteiger partial charge in [0.25, 0.3) is 0 Å². The molecule has 0 radical (unpaired) electrons. The number of hydrogen-bond donors (Lipinski definition) is 0. The van der Waals surface area contributed by atoms with Crippen LogP contribution in [0.3, 0.4) is 0 Å². The lowest BCUT2D eigenvalue weighted by molar-refractivity contribution is -0.146. The zero-order chi connectivity index (χ0) is 18.5. The van der Waals surface area contributed by atoms with Crippen molar-refractivity contribution >= 4 is 18.2 Å². The van der Waals surface area contributed by atoms with Crippen LogP contribution in [0.15, 0.2) is 23.8 Å². The van der Waals surface area contributed by atoms with Crippen molar-refractivity contribution in [2.24, 2.45) is 0 Å². The number of piperidine rings is 1. The number of hydrogen-bond acceptors (Lipinski definition) is 6. The number of cyclic esters (lactones) is 1. The summed E-state index contributed by atoms with van der Waals surface area (Å²) in [6.07, 6.45) is 8.41. The fraction of sp³-hybridized carbons (Fsp3) is 0.611. The van der Waals surface area contributed by atoms with E-state index in [9.17, 15) is 14.4 Å². The molecule has 0 saturated carbocycles. The van der Waals surface area contributed by atoms with Crippen molar-refractivity contribution < 1.29 is 28.6 Å². The molecule has 0 aromatic heterocycles. The maximum absolute atomic E-state index is 12.2. The molecule has 2 amide bonds. The van der Waals surface area contributed by atoms with E-state index in [1.165, 1.54) is 12.0 Å². The molecule has 8 heteroatoms. The van der Waals surface area contributed by atoms with Gasteiger partial charge in [-0.15, -0.1) is 0 Å². The molecule has 1 unspecified atom stereocenters. The van der Waals surface area contributed by atoms with Crippen molar-refractivity contribution in [3.8, 4) is 0 Å². The van der Waals surface area contributed by atoms with Crippen LogP contribution in [0.2, 0.25) is 0 Å². The van der Waals surface area contributed by atoms with Gasteiger partial charge in [0.1, 0.15) is 13.2 Å². The number of rotatable bonds is 4. The number of amides is 2. The zero-order valence-electron chi connectivity index (χ0n) is 14.9. The quantitative estimate of drug-likeness (QED) is 0.559.